The Morgan fingerprint density at radius 3 is 1.85 bits per heavy atom. The number of ether oxygens (including phenoxy) is 2. The van der Waals surface area contributed by atoms with Gasteiger partial charge >= 0.3 is 5.97 Å². The van der Waals surface area contributed by atoms with E-state index in [4.69, 9.17) is 9.47 Å². The van der Waals surface area contributed by atoms with E-state index in [9.17, 15) is 25.2 Å². The third kappa shape index (κ3) is 3.12. The molecule has 1 aliphatic rings. The Labute approximate surface area is 118 Å². The van der Waals surface area contributed by atoms with Gasteiger partial charge in [-0.2, -0.15) is 0 Å². The molecule has 0 bridgehead atoms. The first kappa shape index (κ1) is 17.3. The molecular formula is C13H24O7. The molecule has 0 heterocycles. The van der Waals surface area contributed by atoms with Gasteiger partial charge in [0.05, 0.1) is 5.41 Å². The highest BCUT2D eigenvalue weighted by Gasteiger charge is 2.51. The molecular weight excluding hydrogens is 268 g/mol. The molecule has 0 aliphatic heterocycles. The lowest BCUT2D eigenvalue weighted by atomic mass is 9.84. The van der Waals surface area contributed by atoms with Crippen molar-refractivity contribution in [2.45, 2.75) is 63.8 Å². The van der Waals surface area contributed by atoms with Crippen molar-refractivity contribution in [3.05, 3.63) is 0 Å². The maximum absolute atomic E-state index is 12.1. The molecule has 0 radical (unpaired) electrons. The molecule has 118 valence electrons. The molecule has 0 aromatic carbocycles. The van der Waals surface area contributed by atoms with Gasteiger partial charge in [-0.3, -0.25) is 4.79 Å². The summed E-state index contributed by atoms with van der Waals surface area (Å²) >= 11 is 0. The van der Waals surface area contributed by atoms with Gasteiger partial charge < -0.3 is 29.9 Å². The van der Waals surface area contributed by atoms with Crippen molar-refractivity contribution in [3.63, 3.8) is 0 Å². The van der Waals surface area contributed by atoms with Crippen molar-refractivity contribution in [2.24, 2.45) is 5.41 Å². The number of esters is 1. The smallest absolute Gasteiger partial charge is 0.311 e. The molecule has 4 N–H and O–H groups in total. The van der Waals surface area contributed by atoms with Gasteiger partial charge in [-0.15, -0.1) is 0 Å². The Balaban J connectivity index is 2.92. The average Bonchev–Trinajstić information content (AvgIpc) is 2.42. The highest BCUT2D eigenvalue weighted by molar-refractivity contribution is 5.76. The molecule has 1 fully saturated rings. The molecule has 20 heavy (non-hydrogen) atoms. The Hall–Kier alpha value is -0.730. The summed E-state index contributed by atoms with van der Waals surface area (Å²) in [6.45, 7) is 5.20. The maximum atomic E-state index is 12.1. The van der Waals surface area contributed by atoms with E-state index in [-0.39, 0.29) is 0 Å². The first-order valence-electron chi connectivity index (χ1n) is 6.63. The fraction of sp³-hybridized carbons (Fsp3) is 0.923. The van der Waals surface area contributed by atoms with Crippen molar-refractivity contribution in [3.8, 4) is 0 Å². The van der Waals surface area contributed by atoms with Crippen LogP contribution in [0.3, 0.4) is 0 Å². The van der Waals surface area contributed by atoms with Crippen molar-refractivity contribution < 1.29 is 34.7 Å². The zero-order chi connectivity index (χ0) is 15.7. The van der Waals surface area contributed by atoms with E-state index in [0.717, 1.165) is 0 Å². The molecule has 1 rings (SSSR count). The lowest BCUT2D eigenvalue weighted by Crippen LogP contribution is -2.65. The monoisotopic (exact) mass is 292 g/mol. The molecule has 0 amide bonds. The minimum Gasteiger partial charge on any atom is -0.456 e. The van der Waals surface area contributed by atoms with Gasteiger partial charge in [0.25, 0.3) is 0 Å². The summed E-state index contributed by atoms with van der Waals surface area (Å²) in [6.07, 6.45) is -7.99. The number of rotatable bonds is 4. The van der Waals surface area contributed by atoms with Crippen LogP contribution in [0.4, 0.5) is 0 Å². The Kier molecular flexibility index (Phi) is 5.51. The summed E-state index contributed by atoms with van der Waals surface area (Å²) < 4.78 is 10.2. The minimum absolute atomic E-state index is 0.528. The molecule has 7 heteroatoms. The van der Waals surface area contributed by atoms with Crippen LogP contribution in [0.2, 0.25) is 0 Å². The zero-order valence-corrected chi connectivity index (χ0v) is 12.2. The van der Waals surface area contributed by atoms with Crippen LogP contribution in [0, 0.1) is 5.41 Å². The first-order chi connectivity index (χ1) is 9.17. The van der Waals surface area contributed by atoms with Gasteiger partial charge in [-0.05, 0) is 20.3 Å². The topological polar surface area (TPSA) is 116 Å². The van der Waals surface area contributed by atoms with E-state index in [2.05, 4.69) is 0 Å². The maximum Gasteiger partial charge on any atom is 0.311 e. The van der Waals surface area contributed by atoms with Gasteiger partial charge in [0.15, 0.2) is 6.10 Å². The van der Waals surface area contributed by atoms with Crippen LogP contribution >= 0.6 is 0 Å². The lowest BCUT2D eigenvalue weighted by molar-refractivity contribution is -0.242. The van der Waals surface area contributed by atoms with Crippen molar-refractivity contribution >= 4 is 5.97 Å². The van der Waals surface area contributed by atoms with Gasteiger partial charge in [0, 0.05) is 7.11 Å². The predicted octanol–water partition coefficient (Wildman–Crippen LogP) is -1.19. The number of aliphatic hydroxyl groups is 4. The van der Waals surface area contributed by atoms with Crippen LogP contribution in [0.25, 0.3) is 0 Å². The Morgan fingerprint density at radius 2 is 1.45 bits per heavy atom. The van der Waals surface area contributed by atoms with E-state index >= 15 is 0 Å². The van der Waals surface area contributed by atoms with Gasteiger partial charge in [-0.25, -0.2) is 0 Å². The number of carbonyl (C=O) groups excluding carboxylic acids is 1. The van der Waals surface area contributed by atoms with Gasteiger partial charge in [0.2, 0.25) is 0 Å². The molecule has 1 aliphatic carbocycles. The molecule has 0 spiro atoms. The van der Waals surface area contributed by atoms with Crippen LogP contribution in [0.5, 0.6) is 0 Å². The number of aliphatic hydroxyl groups excluding tert-OH is 4. The van der Waals surface area contributed by atoms with Gasteiger partial charge in [0.1, 0.15) is 30.5 Å². The van der Waals surface area contributed by atoms with Crippen LogP contribution in [0.15, 0.2) is 0 Å². The zero-order valence-electron chi connectivity index (χ0n) is 12.2. The average molecular weight is 292 g/mol. The van der Waals surface area contributed by atoms with E-state index in [1.165, 1.54) is 7.11 Å². The number of hydrogen-bond acceptors (Lipinski definition) is 7. The highest BCUT2D eigenvalue weighted by Crippen LogP contribution is 2.29. The van der Waals surface area contributed by atoms with E-state index in [0.29, 0.717) is 6.42 Å². The fourth-order valence-corrected chi connectivity index (χ4v) is 2.02. The van der Waals surface area contributed by atoms with Crippen molar-refractivity contribution in [1.29, 1.82) is 0 Å². The fourth-order valence-electron chi connectivity index (χ4n) is 2.02. The molecule has 0 aromatic rings. The number of hydrogen-bond donors (Lipinski definition) is 4. The number of carbonyl (C=O) groups is 1. The lowest BCUT2D eigenvalue weighted by Gasteiger charge is -2.43. The van der Waals surface area contributed by atoms with Gasteiger partial charge in [-0.1, -0.05) is 6.92 Å². The second-order valence-electron chi connectivity index (χ2n) is 5.77. The van der Waals surface area contributed by atoms with Crippen molar-refractivity contribution in [1.82, 2.24) is 0 Å². The summed E-state index contributed by atoms with van der Waals surface area (Å²) in [5.74, 6) is -0.568. The molecule has 6 unspecified atom stereocenters. The molecule has 0 saturated heterocycles. The van der Waals surface area contributed by atoms with Crippen molar-refractivity contribution in [2.75, 3.05) is 7.11 Å². The van der Waals surface area contributed by atoms with E-state index < -0.39 is 48.0 Å². The molecule has 0 aromatic heterocycles. The van der Waals surface area contributed by atoms with E-state index in [1.54, 1.807) is 13.8 Å². The summed E-state index contributed by atoms with van der Waals surface area (Å²) in [6, 6.07) is 0. The second-order valence-corrected chi connectivity index (χ2v) is 5.77. The van der Waals surface area contributed by atoms with Crippen LogP contribution < -0.4 is 0 Å². The third-order valence-corrected chi connectivity index (χ3v) is 4.00. The Bertz CT molecular complexity index is 344. The Morgan fingerprint density at radius 1 is 1.00 bits per heavy atom. The standard InChI is InChI=1S/C13H24O7/c1-5-13(2,3)12(18)20-11-9(17)7(15)6(14)8(16)10(11)19-4/h6-11,14-17H,5H2,1-4H3. The minimum atomic E-state index is -1.61. The summed E-state index contributed by atoms with van der Waals surface area (Å²) in [5, 5.41) is 39.0. The molecule has 1 saturated carbocycles. The van der Waals surface area contributed by atoms with Crippen LogP contribution in [-0.2, 0) is 14.3 Å². The highest BCUT2D eigenvalue weighted by atomic mass is 16.6. The van der Waals surface area contributed by atoms with Crippen LogP contribution in [-0.4, -0.2) is 70.1 Å². The van der Waals surface area contributed by atoms with E-state index in [1.807, 2.05) is 6.92 Å². The summed E-state index contributed by atoms with van der Waals surface area (Å²) in [4.78, 5) is 12.1. The first-order valence-corrected chi connectivity index (χ1v) is 6.63. The third-order valence-electron chi connectivity index (χ3n) is 4.00. The summed E-state index contributed by atoms with van der Waals surface area (Å²) in [5.41, 5.74) is -0.760. The van der Waals surface area contributed by atoms with Crippen LogP contribution in [0.1, 0.15) is 27.2 Å². The summed E-state index contributed by atoms with van der Waals surface area (Å²) in [7, 11) is 1.26. The SMILES string of the molecule is CCC(C)(C)C(=O)OC1C(O)C(O)C(O)C(O)C1OC. The normalized spacial score (nSPS) is 38.6. The predicted molar refractivity (Wildman–Crippen MR) is 68.8 cm³/mol. The largest absolute Gasteiger partial charge is 0.456 e. The number of methoxy groups -OCH3 is 1. The second kappa shape index (κ2) is 6.36. The molecule has 7 nitrogen and oxygen atoms in total. The molecule has 6 atom stereocenters. The quantitative estimate of drug-likeness (QED) is 0.481.